The van der Waals surface area contributed by atoms with Crippen LogP contribution in [0.2, 0.25) is 0 Å². The maximum atomic E-state index is 11.1. The number of carbonyl (C=O) groups is 1. The van der Waals surface area contributed by atoms with E-state index in [4.69, 9.17) is 5.11 Å². The minimum absolute atomic E-state index is 0.659. The highest BCUT2D eigenvalue weighted by molar-refractivity contribution is 6.08. The Morgan fingerprint density at radius 3 is 2.82 bits per heavy atom. The average molecular weight is 228 g/mol. The SMILES string of the molecule is CC1(C(=O)O)C=CN=C(c2ccccn2)C=C1. The zero-order valence-corrected chi connectivity index (χ0v) is 9.37. The minimum atomic E-state index is -1.01. The summed E-state index contributed by atoms with van der Waals surface area (Å²) in [6.45, 7) is 1.62. The first-order valence-corrected chi connectivity index (χ1v) is 5.21. The Morgan fingerprint density at radius 2 is 2.18 bits per heavy atom. The number of rotatable bonds is 2. The molecule has 86 valence electrons. The quantitative estimate of drug-likeness (QED) is 0.842. The number of carboxylic acid groups (broad SMARTS) is 1. The predicted octanol–water partition coefficient (Wildman–Crippen LogP) is 2.05. The van der Waals surface area contributed by atoms with Gasteiger partial charge < -0.3 is 5.11 Å². The van der Waals surface area contributed by atoms with Gasteiger partial charge in [0.15, 0.2) is 0 Å². The molecular weight excluding hydrogens is 216 g/mol. The van der Waals surface area contributed by atoms with Crippen LogP contribution in [0.5, 0.6) is 0 Å². The van der Waals surface area contributed by atoms with Gasteiger partial charge in [-0.05, 0) is 31.2 Å². The van der Waals surface area contributed by atoms with Crippen LogP contribution < -0.4 is 0 Å². The molecule has 17 heavy (non-hydrogen) atoms. The normalized spacial score (nSPS) is 23.0. The number of hydrogen-bond donors (Lipinski definition) is 1. The molecule has 1 aromatic rings. The Hall–Kier alpha value is -2.23. The molecule has 0 aromatic carbocycles. The lowest BCUT2D eigenvalue weighted by atomic mass is 9.90. The molecule has 2 heterocycles. The molecule has 0 saturated heterocycles. The summed E-state index contributed by atoms with van der Waals surface area (Å²) < 4.78 is 0. The molecule has 0 amide bonds. The maximum Gasteiger partial charge on any atom is 0.317 e. The summed E-state index contributed by atoms with van der Waals surface area (Å²) in [5, 5.41) is 9.11. The minimum Gasteiger partial charge on any atom is -0.480 e. The van der Waals surface area contributed by atoms with Gasteiger partial charge in [-0.25, -0.2) is 0 Å². The van der Waals surface area contributed by atoms with E-state index >= 15 is 0 Å². The molecule has 0 spiro atoms. The number of allylic oxidation sites excluding steroid dienone is 1. The molecule has 2 rings (SSSR count). The van der Waals surface area contributed by atoms with Crippen molar-refractivity contribution >= 4 is 11.7 Å². The topological polar surface area (TPSA) is 62.5 Å². The third-order valence-corrected chi connectivity index (χ3v) is 2.61. The third-order valence-electron chi connectivity index (χ3n) is 2.61. The molecule has 1 unspecified atom stereocenters. The molecule has 1 aliphatic rings. The van der Waals surface area contributed by atoms with Gasteiger partial charge in [-0.1, -0.05) is 12.1 Å². The van der Waals surface area contributed by atoms with Crippen LogP contribution in [-0.4, -0.2) is 21.8 Å². The molecule has 4 nitrogen and oxygen atoms in total. The predicted molar refractivity (Wildman–Crippen MR) is 64.8 cm³/mol. The van der Waals surface area contributed by atoms with Gasteiger partial charge in [-0.15, -0.1) is 0 Å². The summed E-state index contributed by atoms with van der Waals surface area (Å²) in [7, 11) is 0. The second kappa shape index (κ2) is 4.33. The van der Waals surface area contributed by atoms with Gasteiger partial charge in [0.05, 0.1) is 11.4 Å². The number of nitrogens with zero attached hydrogens (tertiary/aromatic N) is 2. The van der Waals surface area contributed by atoms with E-state index in [1.54, 1.807) is 31.3 Å². The summed E-state index contributed by atoms with van der Waals surface area (Å²) in [5.74, 6) is -0.900. The fourth-order valence-corrected chi connectivity index (χ4v) is 1.43. The van der Waals surface area contributed by atoms with E-state index in [9.17, 15) is 4.79 Å². The summed E-state index contributed by atoms with van der Waals surface area (Å²) in [4.78, 5) is 19.5. The number of hydrogen-bond acceptors (Lipinski definition) is 3. The second-order valence-electron chi connectivity index (χ2n) is 3.97. The zero-order chi connectivity index (χ0) is 12.3. The first-order chi connectivity index (χ1) is 8.12. The molecule has 0 radical (unpaired) electrons. The Balaban J connectivity index is 2.35. The van der Waals surface area contributed by atoms with Gasteiger partial charge in [0.1, 0.15) is 5.41 Å². The van der Waals surface area contributed by atoms with E-state index in [1.165, 1.54) is 6.20 Å². The van der Waals surface area contributed by atoms with Gasteiger partial charge in [-0.3, -0.25) is 14.8 Å². The van der Waals surface area contributed by atoms with Gasteiger partial charge in [0, 0.05) is 12.4 Å². The van der Waals surface area contributed by atoms with Gasteiger partial charge in [-0.2, -0.15) is 0 Å². The van der Waals surface area contributed by atoms with E-state index < -0.39 is 11.4 Å². The van der Waals surface area contributed by atoms with E-state index in [-0.39, 0.29) is 0 Å². The van der Waals surface area contributed by atoms with Crippen molar-refractivity contribution in [1.29, 1.82) is 0 Å². The Bertz CT molecular complexity index is 517. The summed E-state index contributed by atoms with van der Waals surface area (Å²) >= 11 is 0. The summed E-state index contributed by atoms with van der Waals surface area (Å²) in [5.41, 5.74) is 0.370. The fraction of sp³-hybridized carbons (Fsp3) is 0.154. The molecule has 0 aliphatic carbocycles. The number of pyridine rings is 1. The largest absolute Gasteiger partial charge is 0.480 e. The van der Waals surface area contributed by atoms with Crippen molar-refractivity contribution < 1.29 is 9.90 Å². The lowest BCUT2D eigenvalue weighted by molar-refractivity contribution is -0.142. The number of carboxylic acids is 1. The lowest BCUT2D eigenvalue weighted by Gasteiger charge is -2.13. The van der Waals surface area contributed by atoms with Crippen molar-refractivity contribution in [2.45, 2.75) is 6.92 Å². The molecule has 1 aromatic heterocycles. The molecule has 1 atom stereocenters. The van der Waals surface area contributed by atoms with E-state index in [0.29, 0.717) is 5.71 Å². The third kappa shape index (κ3) is 2.30. The molecule has 4 heteroatoms. The first-order valence-electron chi connectivity index (χ1n) is 5.21. The highest BCUT2D eigenvalue weighted by Crippen LogP contribution is 2.23. The molecule has 0 saturated carbocycles. The van der Waals surface area contributed by atoms with Crippen LogP contribution in [0.15, 0.2) is 53.8 Å². The molecule has 0 fully saturated rings. The fourth-order valence-electron chi connectivity index (χ4n) is 1.43. The highest BCUT2D eigenvalue weighted by Gasteiger charge is 2.27. The number of aliphatic imine (C=N–C) groups is 1. The van der Waals surface area contributed by atoms with E-state index in [2.05, 4.69) is 9.98 Å². The Morgan fingerprint density at radius 1 is 1.35 bits per heavy atom. The van der Waals surface area contributed by atoms with Crippen molar-refractivity contribution in [3.8, 4) is 0 Å². The number of aliphatic carboxylic acids is 1. The summed E-state index contributed by atoms with van der Waals surface area (Å²) in [6, 6.07) is 5.52. The van der Waals surface area contributed by atoms with E-state index in [0.717, 1.165) is 5.69 Å². The van der Waals surface area contributed by atoms with Crippen molar-refractivity contribution in [2.75, 3.05) is 0 Å². The molecule has 0 bridgehead atoms. The molecule has 1 N–H and O–H groups in total. The molecule has 1 aliphatic heterocycles. The smallest absolute Gasteiger partial charge is 0.317 e. The number of aromatic nitrogens is 1. The monoisotopic (exact) mass is 228 g/mol. The van der Waals surface area contributed by atoms with Gasteiger partial charge >= 0.3 is 5.97 Å². The Kier molecular flexibility index (Phi) is 2.87. The molecular formula is C13H12N2O2. The second-order valence-corrected chi connectivity index (χ2v) is 3.97. The van der Waals surface area contributed by atoms with Crippen LogP contribution in [0.1, 0.15) is 12.6 Å². The van der Waals surface area contributed by atoms with Crippen LogP contribution in [0.4, 0.5) is 0 Å². The van der Waals surface area contributed by atoms with Crippen molar-refractivity contribution in [1.82, 2.24) is 4.98 Å². The van der Waals surface area contributed by atoms with Crippen molar-refractivity contribution in [3.05, 3.63) is 54.5 Å². The highest BCUT2D eigenvalue weighted by atomic mass is 16.4. The first kappa shape index (κ1) is 11.3. The van der Waals surface area contributed by atoms with Crippen LogP contribution in [0, 0.1) is 5.41 Å². The van der Waals surface area contributed by atoms with Crippen LogP contribution >= 0.6 is 0 Å². The summed E-state index contributed by atoms with van der Waals surface area (Å²) in [6.07, 6.45) is 8.05. The van der Waals surface area contributed by atoms with Crippen molar-refractivity contribution in [2.24, 2.45) is 10.4 Å². The van der Waals surface area contributed by atoms with Crippen molar-refractivity contribution in [3.63, 3.8) is 0 Å². The zero-order valence-electron chi connectivity index (χ0n) is 9.37. The van der Waals surface area contributed by atoms with Crippen LogP contribution in [0.25, 0.3) is 0 Å². The standard InChI is InChI=1S/C13H12N2O2/c1-13(12(16)17)6-5-11(15-9-7-13)10-4-2-3-8-14-10/h2-9H,1H3,(H,16,17). The Labute approximate surface area is 99.0 Å². The van der Waals surface area contributed by atoms with Gasteiger partial charge in [0.2, 0.25) is 0 Å². The maximum absolute atomic E-state index is 11.1. The average Bonchev–Trinajstić information content (AvgIpc) is 2.54. The van der Waals surface area contributed by atoms with Crippen LogP contribution in [-0.2, 0) is 4.79 Å². The van der Waals surface area contributed by atoms with Gasteiger partial charge in [0.25, 0.3) is 0 Å². The van der Waals surface area contributed by atoms with E-state index in [1.807, 2.05) is 18.2 Å². The lowest BCUT2D eigenvalue weighted by Crippen LogP contribution is -2.22. The van der Waals surface area contributed by atoms with Crippen LogP contribution in [0.3, 0.4) is 0 Å².